The predicted octanol–water partition coefficient (Wildman–Crippen LogP) is 3.85. The third kappa shape index (κ3) is 2.71. The van der Waals surface area contributed by atoms with Gasteiger partial charge in [-0.2, -0.15) is 0 Å². The Labute approximate surface area is 171 Å². The molecule has 5 rings (SSSR count). The lowest BCUT2D eigenvalue weighted by atomic mass is 9.72. The molecule has 1 aliphatic heterocycles. The lowest BCUT2D eigenvalue weighted by molar-refractivity contribution is -0.134. The van der Waals surface area contributed by atoms with Gasteiger partial charge in [-0.25, -0.2) is 0 Å². The van der Waals surface area contributed by atoms with E-state index in [9.17, 15) is 9.59 Å². The highest BCUT2D eigenvalue weighted by molar-refractivity contribution is 6.11. The molecule has 2 aromatic rings. The maximum Gasteiger partial charge on any atom is 0.249 e. The molecule has 2 amide bonds. The first-order valence-corrected chi connectivity index (χ1v) is 11.0. The van der Waals surface area contributed by atoms with Crippen LogP contribution in [0.3, 0.4) is 0 Å². The molecule has 3 N–H and O–H groups in total. The van der Waals surface area contributed by atoms with Crippen molar-refractivity contribution in [3.8, 4) is 0 Å². The number of anilines is 1. The van der Waals surface area contributed by atoms with Crippen LogP contribution in [-0.4, -0.2) is 23.0 Å². The molecular weight excluding hydrogens is 362 g/mol. The molecule has 152 valence electrons. The number of nitrogens with two attached hydrogens (primary N) is 1. The first kappa shape index (κ1) is 18.6. The van der Waals surface area contributed by atoms with E-state index in [1.165, 1.54) is 6.42 Å². The van der Waals surface area contributed by atoms with E-state index in [0.717, 1.165) is 55.0 Å². The molecule has 29 heavy (non-hydrogen) atoms. The zero-order valence-corrected chi connectivity index (χ0v) is 16.8. The van der Waals surface area contributed by atoms with Gasteiger partial charge in [0.05, 0.1) is 17.3 Å². The van der Waals surface area contributed by atoms with Gasteiger partial charge in [0.25, 0.3) is 0 Å². The van der Waals surface area contributed by atoms with Crippen LogP contribution in [0.15, 0.2) is 42.5 Å². The predicted molar refractivity (Wildman–Crippen MR) is 114 cm³/mol. The van der Waals surface area contributed by atoms with Gasteiger partial charge in [-0.3, -0.25) is 19.8 Å². The molecule has 2 saturated carbocycles. The second-order valence-electron chi connectivity index (χ2n) is 9.03. The van der Waals surface area contributed by atoms with Crippen LogP contribution in [-0.2, 0) is 9.59 Å². The number of nitrogens with one attached hydrogen (secondary N) is 1. The Hall–Kier alpha value is -2.40. The van der Waals surface area contributed by atoms with Crippen LogP contribution in [0.2, 0.25) is 0 Å². The largest absolute Gasteiger partial charge is 0.369 e. The second-order valence-corrected chi connectivity index (χ2v) is 9.03. The lowest BCUT2D eigenvalue weighted by Gasteiger charge is -2.43. The third-order valence-corrected chi connectivity index (χ3v) is 7.41. The van der Waals surface area contributed by atoms with Crippen LogP contribution in [0.1, 0.15) is 57.8 Å². The second kappa shape index (κ2) is 6.84. The van der Waals surface area contributed by atoms with E-state index >= 15 is 0 Å². The van der Waals surface area contributed by atoms with Gasteiger partial charge in [-0.1, -0.05) is 55.7 Å². The zero-order chi connectivity index (χ0) is 20.1. The van der Waals surface area contributed by atoms with Crippen molar-refractivity contribution in [1.82, 2.24) is 5.32 Å². The van der Waals surface area contributed by atoms with Crippen LogP contribution in [0.25, 0.3) is 10.8 Å². The Bertz CT molecular complexity index is 960. The molecule has 0 radical (unpaired) electrons. The van der Waals surface area contributed by atoms with Gasteiger partial charge in [0, 0.05) is 5.39 Å². The summed E-state index contributed by atoms with van der Waals surface area (Å²) in [5.41, 5.74) is 5.49. The SMILES string of the molecule is NC(=O)C1CCCCC12NC1(CCCCC1)N(c1cccc3ccccc13)C2=O. The number of primary amides is 1. The van der Waals surface area contributed by atoms with Crippen molar-refractivity contribution in [2.45, 2.75) is 69.0 Å². The Balaban J connectivity index is 1.70. The fraction of sp³-hybridized carbons (Fsp3) is 0.500. The van der Waals surface area contributed by atoms with E-state index in [2.05, 4.69) is 29.6 Å². The lowest BCUT2D eigenvalue weighted by Crippen LogP contribution is -2.61. The number of carbonyl (C=O) groups excluding carboxylic acids is 2. The molecule has 2 atom stereocenters. The molecule has 5 nitrogen and oxygen atoms in total. The van der Waals surface area contributed by atoms with Gasteiger partial charge in [-0.05, 0) is 50.0 Å². The summed E-state index contributed by atoms with van der Waals surface area (Å²) in [6.45, 7) is 0. The van der Waals surface area contributed by atoms with Crippen molar-refractivity contribution in [3.05, 3.63) is 42.5 Å². The van der Waals surface area contributed by atoms with E-state index < -0.39 is 17.1 Å². The highest BCUT2D eigenvalue weighted by atomic mass is 16.2. The van der Waals surface area contributed by atoms with E-state index in [-0.39, 0.29) is 11.8 Å². The summed E-state index contributed by atoms with van der Waals surface area (Å²) in [6, 6.07) is 14.4. The van der Waals surface area contributed by atoms with Crippen molar-refractivity contribution in [2.24, 2.45) is 11.7 Å². The molecule has 1 saturated heterocycles. The summed E-state index contributed by atoms with van der Waals surface area (Å²) in [7, 11) is 0. The van der Waals surface area contributed by atoms with Gasteiger partial charge in [0.15, 0.2) is 0 Å². The first-order valence-electron chi connectivity index (χ1n) is 11.0. The summed E-state index contributed by atoms with van der Waals surface area (Å²) >= 11 is 0. The van der Waals surface area contributed by atoms with E-state index in [1.807, 2.05) is 23.1 Å². The maximum absolute atomic E-state index is 14.2. The molecule has 5 heteroatoms. The van der Waals surface area contributed by atoms with Crippen LogP contribution >= 0.6 is 0 Å². The highest BCUT2D eigenvalue weighted by Crippen LogP contribution is 2.49. The van der Waals surface area contributed by atoms with Gasteiger partial charge in [0.1, 0.15) is 5.54 Å². The number of hydrogen-bond acceptors (Lipinski definition) is 3. The van der Waals surface area contributed by atoms with Gasteiger partial charge in [-0.15, -0.1) is 0 Å². The normalized spacial score (nSPS) is 29.0. The van der Waals surface area contributed by atoms with Gasteiger partial charge >= 0.3 is 0 Å². The molecule has 2 spiro atoms. The summed E-state index contributed by atoms with van der Waals surface area (Å²) in [6.07, 6.45) is 8.44. The average molecular weight is 392 g/mol. The Morgan fingerprint density at radius 1 is 0.966 bits per heavy atom. The van der Waals surface area contributed by atoms with Crippen molar-refractivity contribution in [2.75, 3.05) is 4.90 Å². The number of rotatable bonds is 2. The van der Waals surface area contributed by atoms with Crippen LogP contribution in [0, 0.1) is 5.92 Å². The average Bonchev–Trinajstić information content (AvgIpc) is 2.95. The van der Waals surface area contributed by atoms with E-state index in [0.29, 0.717) is 12.8 Å². The molecule has 1 heterocycles. The minimum Gasteiger partial charge on any atom is -0.369 e. The molecular formula is C24H29N3O2. The number of amides is 2. The summed E-state index contributed by atoms with van der Waals surface area (Å²) in [5.74, 6) is -0.752. The number of nitrogens with zero attached hydrogens (tertiary/aromatic N) is 1. The summed E-state index contributed by atoms with van der Waals surface area (Å²) in [5, 5.41) is 6.00. The van der Waals surface area contributed by atoms with Crippen molar-refractivity contribution >= 4 is 28.3 Å². The molecule has 2 aliphatic carbocycles. The monoisotopic (exact) mass is 391 g/mol. The highest BCUT2D eigenvalue weighted by Gasteiger charge is 2.63. The third-order valence-electron chi connectivity index (χ3n) is 7.41. The molecule has 3 fully saturated rings. The molecule has 2 aromatic carbocycles. The summed E-state index contributed by atoms with van der Waals surface area (Å²) in [4.78, 5) is 28.6. The molecule has 2 unspecified atom stereocenters. The Morgan fingerprint density at radius 3 is 2.48 bits per heavy atom. The minimum atomic E-state index is -0.863. The van der Waals surface area contributed by atoms with Crippen molar-refractivity contribution < 1.29 is 9.59 Å². The Morgan fingerprint density at radius 2 is 1.69 bits per heavy atom. The minimum absolute atomic E-state index is 0.0410. The standard InChI is InChI=1S/C24H29N3O2/c25-21(28)19-12-4-7-16-24(19)22(29)27(23(26-24)14-5-1-6-15-23)20-13-8-10-17-9-2-3-11-18(17)20/h2-3,8-11,13,19,26H,1,4-7,12,14-16H2,(H2,25,28). The topological polar surface area (TPSA) is 75.4 Å². The maximum atomic E-state index is 14.2. The molecule has 3 aliphatic rings. The number of hydrogen-bond donors (Lipinski definition) is 2. The van der Waals surface area contributed by atoms with E-state index in [4.69, 9.17) is 5.73 Å². The Kier molecular flexibility index (Phi) is 4.39. The van der Waals surface area contributed by atoms with Crippen LogP contribution in [0.5, 0.6) is 0 Å². The number of carbonyl (C=O) groups is 2. The number of benzene rings is 2. The smallest absolute Gasteiger partial charge is 0.249 e. The quantitative estimate of drug-likeness (QED) is 0.816. The van der Waals surface area contributed by atoms with Crippen molar-refractivity contribution in [3.63, 3.8) is 0 Å². The van der Waals surface area contributed by atoms with Gasteiger partial charge in [0.2, 0.25) is 11.8 Å². The first-order chi connectivity index (χ1) is 14.1. The van der Waals surface area contributed by atoms with E-state index in [1.54, 1.807) is 0 Å². The fourth-order valence-electron chi connectivity index (χ4n) is 6.11. The number of fused-ring (bicyclic) bond motifs is 1. The fourth-order valence-corrected chi connectivity index (χ4v) is 6.11. The molecule has 0 aromatic heterocycles. The van der Waals surface area contributed by atoms with Crippen LogP contribution < -0.4 is 16.0 Å². The van der Waals surface area contributed by atoms with Crippen LogP contribution in [0.4, 0.5) is 5.69 Å². The summed E-state index contributed by atoms with van der Waals surface area (Å²) < 4.78 is 0. The van der Waals surface area contributed by atoms with Gasteiger partial charge < -0.3 is 5.73 Å². The van der Waals surface area contributed by atoms with Crippen molar-refractivity contribution in [1.29, 1.82) is 0 Å². The molecule has 0 bridgehead atoms. The zero-order valence-electron chi connectivity index (χ0n) is 16.8.